The maximum absolute atomic E-state index is 13.2. The molecule has 3 rings (SSSR count). The molecule has 2 aromatic rings. The summed E-state index contributed by atoms with van der Waals surface area (Å²) in [6, 6.07) is 6.24. The second-order valence-electron chi connectivity index (χ2n) is 5.47. The molecule has 1 aromatic heterocycles. The van der Waals surface area contributed by atoms with Gasteiger partial charge in [-0.15, -0.1) is 0 Å². The maximum atomic E-state index is 13.2. The molecule has 0 N–H and O–H groups in total. The van der Waals surface area contributed by atoms with E-state index in [0.717, 1.165) is 30.5 Å². The van der Waals surface area contributed by atoms with Gasteiger partial charge < -0.3 is 4.90 Å². The summed E-state index contributed by atoms with van der Waals surface area (Å²) in [5.41, 5.74) is 3.04. The van der Waals surface area contributed by atoms with E-state index in [9.17, 15) is 9.18 Å². The van der Waals surface area contributed by atoms with E-state index in [2.05, 4.69) is 5.10 Å². The zero-order valence-corrected chi connectivity index (χ0v) is 12.1. The summed E-state index contributed by atoms with van der Waals surface area (Å²) >= 11 is 0. The number of amides is 1. The maximum Gasteiger partial charge on any atom is 0.227 e. The van der Waals surface area contributed by atoms with Crippen LogP contribution in [0.3, 0.4) is 0 Å². The fourth-order valence-corrected chi connectivity index (χ4v) is 2.83. The number of nitrogens with zero attached hydrogens (tertiary/aromatic N) is 3. The Kier molecular flexibility index (Phi) is 3.73. The van der Waals surface area contributed by atoms with Crippen LogP contribution in [0.4, 0.5) is 4.39 Å². The van der Waals surface area contributed by atoms with Crippen molar-refractivity contribution in [1.29, 1.82) is 0 Å². The zero-order valence-electron chi connectivity index (χ0n) is 12.1. The van der Waals surface area contributed by atoms with Crippen molar-refractivity contribution in [1.82, 2.24) is 14.7 Å². The van der Waals surface area contributed by atoms with Crippen molar-refractivity contribution in [3.05, 3.63) is 53.1 Å². The van der Waals surface area contributed by atoms with Crippen LogP contribution in [0.2, 0.25) is 0 Å². The molecule has 0 unspecified atom stereocenters. The number of carbonyl (C=O) groups is 1. The Morgan fingerprint density at radius 1 is 1.43 bits per heavy atom. The molecule has 1 aromatic carbocycles. The number of hydrogen-bond acceptors (Lipinski definition) is 2. The van der Waals surface area contributed by atoms with Crippen molar-refractivity contribution in [3.8, 4) is 0 Å². The average molecular weight is 287 g/mol. The van der Waals surface area contributed by atoms with Gasteiger partial charge >= 0.3 is 0 Å². The van der Waals surface area contributed by atoms with E-state index in [0.29, 0.717) is 6.54 Å². The third kappa shape index (κ3) is 2.96. The first-order chi connectivity index (χ1) is 10.1. The highest BCUT2D eigenvalue weighted by Crippen LogP contribution is 2.18. The van der Waals surface area contributed by atoms with Gasteiger partial charge in [0.25, 0.3) is 0 Å². The Labute approximate surface area is 123 Å². The molecule has 2 heterocycles. The topological polar surface area (TPSA) is 38.1 Å². The molecule has 0 fully saturated rings. The van der Waals surface area contributed by atoms with E-state index < -0.39 is 0 Å². The van der Waals surface area contributed by atoms with Crippen LogP contribution in [0, 0.1) is 5.82 Å². The first-order valence-corrected chi connectivity index (χ1v) is 7.15. The number of benzene rings is 1. The predicted octanol–water partition coefficient (Wildman–Crippen LogP) is 2.08. The van der Waals surface area contributed by atoms with Gasteiger partial charge in [0.1, 0.15) is 5.82 Å². The SMILES string of the molecule is Cn1ncc2c1CCCN(C(=O)Cc1cccc(F)c1)C2. The molecule has 0 spiro atoms. The van der Waals surface area contributed by atoms with Crippen LogP contribution in [0.1, 0.15) is 23.2 Å². The quantitative estimate of drug-likeness (QED) is 0.848. The lowest BCUT2D eigenvalue weighted by molar-refractivity contribution is -0.131. The average Bonchev–Trinajstić information content (AvgIpc) is 2.68. The van der Waals surface area contributed by atoms with Gasteiger partial charge in [-0.2, -0.15) is 5.10 Å². The Morgan fingerprint density at radius 2 is 2.29 bits per heavy atom. The van der Waals surface area contributed by atoms with Crippen LogP contribution in [-0.4, -0.2) is 27.1 Å². The minimum Gasteiger partial charge on any atom is -0.338 e. The zero-order chi connectivity index (χ0) is 14.8. The smallest absolute Gasteiger partial charge is 0.227 e. The summed E-state index contributed by atoms with van der Waals surface area (Å²) in [6.45, 7) is 1.33. The van der Waals surface area contributed by atoms with Crippen LogP contribution >= 0.6 is 0 Å². The summed E-state index contributed by atoms with van der Waals surface area (Å²) in [7, 11) is 1.93. The van der Waals surface area contributed by atoms with Crippen molar-refractivity contribution in [2.75, 3.05) is 6.54 Å². The molecule has 4 nitrogen and oxygen atoms in total. The minimum absolute atomic E-state index is 0.0392. The second kappa shape index (κ2) is 5.68. The lowest BCUT2D eigenvalue weighted by Gasteiger charge is -2.20. The Morgan fingerprint density at radius 3 is 3.10 bits per heavy atom. The van der Waals surface area contributed by atoms with Crippen molar-refractivity contribution in [2.24, 2.45) is 7.05 Å². The molecule has 1 amide bonds. The predicted molar refractivity (Wildman–Crippen MR) is 77.1 cm³/mol. The van der Waals surface area contributed by atoms with Crippen molar-refractivity contribution < 1.29 is 9.18 Å². The number of rotatable bonds is 2. The van der Waals surface area contributed by atoms with Crippen molar-refractivity contribution in [2.45, 2.75) is 25.8 Å². The minimum atomic E-state index is -0.300. The number of carbonyl (C=O) groups excluding carboxylic acids is 1. The van der Waals surface area contributed by atoms with Gasteiger partial charge in [-0.3, -0.25) is 9.48 Å². The van der Waals surface area contributed by atoms with Gasteiger partial charge in [0, 0.05) is 31.4 Å². The number of halogens is 1. The molecule has 0 bridgehead atoms. The number of aryl methyl sites for hydroxylation is 1. The van der Waals surface area contributed by atoms with E-state index >= 15 is 0 Å². The summed E-state index contributed by atoms with van der Waals surface area (Å²) in [6.07, 6.45) is 3.95. The van der Waals surface area contributed by atoms with E-state index in [1.165, 1.54) is 17.8 Å². The molecule has 0 radical (unpaired) electrons. The van der Waals surface area contributed by atoms with Gasteiger partial charge in [0.05, 0.1) is 12.6 Å². The van der Waals surface area contributed by atoms with Crippen LogP contribution in [-0.2, 0) is 31.2 Å². The van der Waals surface area contributed by atoms with E-state index in [1.807, 2.05) is 22.8 Å². The number of hydrogen-bond donors (Lipinski definition) is 0. The molecule has 1 aliphatic heterocycles. The van der Waals surface area contributed by atoms with E-state index in [1.54, 1.807) is 12.1 Å². The summed E-state index contributed by atoms with van der Waals surface area (Å²) in [4.78, 5) is 14.3. The molecule has 0 aliphatic carbocycles. The summed E-state index contributed by atoms with van der Waals surface area (Å²) in [5, 5.41) is 4.26. The second-order valence-corrected chi connectivity index (χ2v) is 5.47. The first-order valence-electron chi connectivity index (χ1n) is 7.15. The molecule has 0 saturated heterocycles. The third-order valence-corrected chi connectivity index (χ3v) is 3.95. The standard InChI is InChI=1S/C16H18FN3O/c1-19-15-6-3-7-20(11-13(15)10-18-19)16(21)9-12-4-2-5-14(17)8-12/h2,4-5,8,10H,3,6-7,9,11H2,1H3. The number of fused-ring (bicyclic) bond motifs is 1. The number of aromatic nitrogens is 2. The molecular weight excluding hydrogens is 269 g/mol. The van der Waals surface area contributed by atoms with Crippen LogP contribution in [0.15, 0.2) is 30.5 Å². The Balaban J connectivity index is 1.73. The normalized spacial score (nSPS) is 14.7. The molecule has 0 saturated carbocycles. The fraction of sp³-hybridized carbons (Fsp3) is 0.375. The molecule has 110 valence electrons. The van der Waals surface area contributed by atoms with Crippen molar-refractivity contribution in [3.63, 3.8) is 0 Å². The Bertz CT molecular complexity index is 665. The van der Waals surface area contributed by atoms with E-state index in [-0.39, 0.29) is 18.1 Å². The molecule has 0 atom stereocenters. The van der Waals surface area contributed by atoms with Crippen LogP contribution in [0.25, 0.3) is 0 Å². The molecule has 21 heavy (non-hydrogen) atoms. The van der Waals surface area contributed by atoms with Crippen molar-refractivity contribution >= 4 is 5.91 Å². The van der Waals surface area contributed by atoms with Gasteiger partial charge in [-0.25, -0.2) is 4.39 Å². The molecular formula is C16H18FN3O. The fourth-order valence-electron chi connectivity index (χ4n) is 2.83. The highest BCUT2D eigenvalue weighted by Gasteiger charge is 2.21. The lowest BCUT2D eigenvalue weighted by atomic mass is 10.1. The largest absolute Gasteiger partial charge is 0.338 e. The molecule has 1 aliphatic rings. The lowest BCUT2D eigenvalue weighted by Crippen LogP contribution is -2.31. The van der Waals surface area contributed by atoms with Gasteiger partial charge in [0.15, 0.2) is 0 Å². The van der Waals surface area contributed by atoms with Gasteiger partial charge in [0.2, 0.25) is 5.91 Å². The monoisotopic (exact) mass is 287 g/mol. The van der Waals surface area contributed by atoms with Crippen LogP contribution in [0.5, 0.6) is 0 Å². The summed E-state index contributed by atoms with van der Waals surface area (Å²) in [5.74, 6) is -0.261. The van der Waals surface area contributed by atoms with E-state index in [4.69, 9.17) is 0 Å². The van der Waals surface area contributed by atoms with Gasteiger partial charge in [-0.1, -0.05) is 12.1 Å². The first kappa shape index (κ1) is 13.8. The highest BCUT2D eigenvalue weighted by atomic mass is 19.1. The Hall–Kier alpha value is -2.17. The summed E-state index contributed by atoms with van der Waals surface area (Å²) < 4.78 is 15.1. The third-order valence-electron chi connectivity index (χ3n) is 3.95. The molecule has 5 heteroatoms. The highest BCUT2D eigenvalue weighted by molar-refractivity contribution is 5.78. The van der Waals surface area contributed by atoms with Gasteiger partial charge in [-0.05, 0) is 30.5 Å². The van der Waals surface area contributed by atoms with Crippen LogP contribution < -0.4 is 0 Å².